The van der Waals surface area contributed by atoms with Crippen molar-refractivity contribution in [1.29, 1.82) is 0 Å². The number of carbonyl (C=O) groups excluding carboxylic acids is 1. The fraction of sp³-hybridized carbons (Fsp3) is 0.333. The van der Waals surface area contributed by atoms with Crippen LogP contribution >= 0.6 is 11.6 Å². The minimum absolute atomic E-state index is 0.310. The summed E-state index contributed by atoms with van der Waals surface area (Å²) in [7, 11) is 0. The van der Waals surface area contributed by atoms with Crippen molar-refractivity contribution in [3.63, 3.8) is 0 Å². The first-order valence-corrected chi connectivity index (χ1v) is 8.54. The van der Waals surface area contributed by atoms with Crippen molar-refractivity contribution in [2.45, 2.75) is 19.3 Å². The Morgan fingerprint density at radius 1 is 1.17 bits per heavy atom. The van der Waals surface area contributed by atoms with Crippen LogP contribution in [0.3, 0.4) is 0 Å². The third-order valence-corrected chi connectivity index (χ3v) is 4.47. The Morgan fingerprint density at radius 3 is 2.54 bits per heavy atom. The number of hydrogen-bond donors (Lipinski definition) is 2. The molecule has 1 fully saturated rings. The molecule has 1 aromatic heterocycles. The average Bonchev–Trinajstić information content (AvgIpc) is 3.07. The maximum absolute atomic E-state index is 11.5. The molecule has 0 spiro atoms. The van der Waals surface area contributed by atoms with Gasteiger partial charge in [0, 0.05) is 12.2 Å². The molecule has 5 nitrogen and oxygen atoms in total. The summed E-state index contributed by atoms with van der Waals surface area (Å²) in [5.74, 6) is -0.163. The van der Waals surface area contributed by atoms with E-state index in [0.717, 1.165) is 18.7 Å². The molecule has 3 rings (SSSR count). The van der Waals surface area contributed by atoms with Crippen LogP contribution in [0.5, 0.6) is 0 Å². The van der Waals surface area contributed by atoms with Crippen LogP contribution in [0.25, 0.3) is 0 Å². The first-order valence-electron chi connectivity index (χ1n) is 8.16. The Morgan fingerprint density at radius 2 is 1.88 bits per heavy atom. The van der Waals surface area contributed by atoms with Crippen LogP contribution in [0, 0.1) is 0 Å². The highest BCUT2D eigenvalue weighted by molar-refractivity contribution is 6.29. The maximum Gasteiger partial charge on any atom is 0.252 e. The van der Waals surface area contributed by atoms with E-state index in [1.54, 1.807) is 12.1 Å². The molecule has 1 saturated heterocycles. The van der Waals surface area contributed by atoms with E-state index in [1.807, 2.05) is 12.1 Å². The molecule has 1 aliphatic rings. The monoisotopic (exact) mass is 344 g/mol. The zero-order valence-corrected chi connectivity index (χ0v) is 14.2. The van der Waals surface area contributed by atoms with Crippen molar-refractivity contribution in [3.05, 3.63) is 52.7 Å². The Hall–Kier alpha value is -2.11. The lowest BCUT2D eigenvalue weighted by molar-refractivity contribution is 0.100. The van der Waals surface area contributed by atoms with E-state index >= 15 is 0 Å². The third kappa shape index (κ3) is 4.24. The highest BCUT2D eigenvalue weighted by Crippen LogP contribution is 2.21. The first kappa shape index (κ1) is 16.7. The van der Waals surface area contributed by atoms with Crippen molar-refractivity contribution in [1.82, 2.24) is 9.88 Å². The SMILES string of the molecule is NC(=O)c1ccc(Cl)nc1Nc1ccc(CCN2CCCC2)cc1. The smallest absolute Gasteiger partial charge is 0.252 e. The van der Waals surface area contributed by atoms with Gasteiger partial charge in [-0.15, -0.1) is 0 Å². The molecule has 0 atom stereocenters. The number of nitrogens with one attached hydrogen (secondary N) is 1. The van der Waals surface area contributed by atoms with Gasteiger partial charge in [-0.3, -0.25) is 4.79 Å². The number of pyridine rings is 1. The van der Waals surface area contributed by atoms with Gasteiger partial charge in [0.15, 0.2) is 0 Å². The molecule has 2 aromatic rings. The molecule has 0 bridgehead atoms. The number of primary amides is 1. The Kier molecular flexibility index (Phi) is 5.33. The van der Waals surface area contributed by atoms with Crippen molar-refractivity contribution in [2.75, 3.05) is 25.0 Å². The molecule has 1 amide bonds. The van der Waals surface area contributed by atoms with Gasteiger partial charge < -0.3 is 16.0 Å². The quantitative estimate of drug-likeness (QED) is 0.789. The van der Waals surface area contributed by atoms with Gasteiger partial charge in [0.1, 0.15) is 11.0 Å². The lowest BCUT2D eigenvalue weighted by Gasteiger charge is -2.14. The van der Waals surface area contributed by atoms with E-state index in [9.17, 15) is 4.79 Å². The molecule has 0 radical (unpaired) electrons. The number of nitrogens with zero attached hydrogens (tertiary/aromatic N) is 2. The van der Waals surface area contributed by atoms with Gasteiger partial charge in [0.2, 0.25) is 0 Å². The lowest BCUT2D eigenvalue weighted by atomic mass is 10.1. The molecule has 6 heteroatoms. The lowest BCUT2D eigenvalue weighted by Crippen LogP contribution is -2.21. The number of likely N-dealkylation sites (tertiary alicyclic amines) is 1. The van der Waals surface area contributed by atoms with Gasteiger partial charge >= 0.3 is 0 Å². The molecule has 0 unspecified atom stereocenters. The predicted molar refractivity (Wildman–Crippen MR) is 96.9 cm³/mol. The summed E-state index contributed by atoms with van der Waals surface area (Å²) < 4.78 is 0. The number of halogens is 1. The number of amides is 1. The van der Waals surface area contributed by atoms with Gasteiger partial charge in [-0.1, -0.05) is 23.7 Å². The summed E-state index contributed by atoms with van der Waals surface area (Å²) in [6, 6.07) is 11.3. The zero-order chi connectivity index (χ0) is 16.9. The van der Waals surface area contributed by atoms with Gasteiger partial charge in [-0.2, -0.15) is 0 Å². The van der Waals surface area contributed by atoms with Crippen molar-refractivity contribution >= 4 is 29.0 Å². The van der Waals surface area contributed by atoms with E-state index in [2.05, 4.69) is 27.3 Å². The summed E-state index contributed by atoms with van der Waals surface area (Å²) in [6.07, 6.45) is 3.68. The fourth-order valence-corrected chi connectivity index (χ4v) is 3.06. The van der Waals surface area contributed by atoms with E-state index < -0.39 is 5.91 Å². The highest BCUT2D eigenvalue weighted by atomic mass is 35.5. The molecule has 2 heterocycles. The van der Waals surface area contributed by atoms with Gasteiger partial charge in [-0.25, -0.2) is 4.98 Å². The molecule has 0 aliphatic carbocycles. The molecule has 0 saturated carbocycles. The second kappa shape index (κ2) is 7.64. The number of nitrogens with two attached hydrogens (primary N) is 1. The Bertz CT molecular complexity index is 711. The summed E-state index contributed by atoms with van der Waals surface area (Å²) in [5.41, 5.74) is 7.83. The van der Waals surface area contributed by atoms with Crippen molar-refractivity contribution in [2.24, 2.45) is 5.73 Å². The maximum atomic E-state index is 11.5. The number of hydrogen-bond acceptors (Lipinski definition) is 4. The zero-order valence-electron chi connectivity index (χ0n) is 13.5. The molecule has 126 valence electrons. The second-order valence-corrected chi connectivity index (χ2v) is 6.40. The largest absolute Gasteiger partial charge is 0.365 e. The molecule has 1 aromatic carbocycles. The molecule has 1 aliphatic heterocycles. The minimum atomic E-state index is -0.538. The Labute approximate surface area is 146 Å². The van der Waals surface area contributed by atoms with Gasteiger partial charge in [0.05, 0.1) is 5.56 Å². The van der Waals surface area contributed by atoms with Crippen molar-refractivity contribution in [3.8, 4) is 0 Å². The second-order valence-electron chi connectivity index (χ2n) is 6.02. The molecule has 24 heavy (non-hydrogen) atoms. The van der Waals surface area contributed by atoms with E-state index in [4.69, 9.17) is 17.3 Å². The number of aromatic nitrogens is 1. The summed E-state index contributed by atoms with van der Waals surface area (Å²) >= 11 is 5.91. The van der Waals surface area contributed by atoms with Crippen molar-refractivity contribution < 1.29 is 4.79 Å². The van der Waals surface area contributed by atoms with Crippen LogP contribution in [0.2, 0.25) is 5.15 Å². The number of anilines is 2. The number of rotatable bonds is 6. The van der Waals surface area contributed by atoms with Crippen LogP contribution in [0.1, 0.15) is 28.8 Å². The normalized spacial score (nSPS) is 14.7. The fourth-order valence-electron chi connectivity index (χ4n) is 2.91. The minimum Gasteiger partial charge on any atom is -0.365 e. The summed E-state index contributed by atoms with van der Waals surface area (Å²) in [5, 5.41) is 3.42. The van der Waals surface area contributed by atoms with Crippen LogP contribution in [0.4, 0.5) is 11.5 Å². The van der Waals surface area contributed by atoms with E-state index in [-0.39, 0.29) is 0 Å². The molecular weight excluding hydrogens is 324 g/mol. The predicted octanol–water partition coefficient (Wildman–Crippen LogP) is 3.22. The highest BCUT2D eigenvalue weighted by Gasteiger charge is 2.12. The molecule has 3 N–H and O–H groups in total. The van der Waals surface area contributed by atoms with E-state index in [0.29, 0.717) is 16.5 Å². The topological polar surface area (TPSA) is 71.2 Å². The van der Waals surface area contributed by atoms with Crippen LogP contribution < -0.4 is 11.1 Å². The molecular formula is C18H21ClN4O. The van der Waals surface area contributed by atoms with Crippen LogP contribution in [-0.4, -0.2) is 35.4 Å². The van der Waals surface area contributed by atoms with Gasteiger partial charge in [-0.05, 0) is 62.2 Å². The number of carbonyl (C=O) groups is 1. The third-order valence-electron chi connectivity index (χ3n) is 4.26. The Balaban J connectivity index is 1.65. The summed E-state index contributed by atoms with van der Waals surface area (Å²) in [6.45, 7) is 3.54. The first-order chi connectivity index (χ1) is 11.6. The number of benzene rings is 1. The summed E-state index contributed by atoms with van der Waals surface area (Å²) in [4.78, 5) is 18.1. The van der Waals surface area contributed by atoms with E-state index in [1.165, 1.54) is 31.5 Å². The average molecular weight is 345 g/mol. The standard InChI is InChI=1S/C18H21ClN4O/c19-16-8-7-15(17(20)24)18(22-16)21-14-5-3-13(4-6-14)9-12-23-10-1-2-11-23/h3-8H,1-2,9-12H2,(H2,20,24)(H,21,22). The van der Waals surface area contributed by atoms with Crippen LogP contribution in [-0.2, 0) is 6.42 Å². The van der Waals surface area contributed by atoms with Crippen LogP contribution in [0.15, 0.2) is 36.4 Å². The van der Waals surface area contributed by atoms with Gasteiger partial charge in [0.25, 0.3) is 5.91 Å².